The number of hydrogen-bond donors (Lipinski definition) is 2. The molecule has 0 bridgehead atoms. The lowest BCUT2D eigenvalue weighted by Gasteiger charge is -2.40. The number of halogens is 13. The SMILES string of the molecule is CC(=CC(CO)CC(F)(F)C(F)(F)C(F)(F)C(F)(F)C(F)(F)C(F)(F)F)C(=O)O. The van der Waals surface area contributed by atoms with Crippen molar-refractivity contribution >= 4 is 5.97 Å². The van der Waals surface area contributed by atoms with Crippen LogP contribution in [0.4, 0.5) is 57.1 Å². The van der Waals surface area contributed by atoms with Crippen LogP contribution in [-0.4, -0.2) is 58.6 Å². The molecule has 0 aromatic carbocycles. The van der Waals surface area contributed by atoms with Gasteiger partial charge >= 0.3 is 41.8 Å². The number of hydrogen-bond acceptors (Lipinski definition) is 2. The summed E-state index contributed by atoms with van der Waals surface area (Å²) in [5, 5.41) is 17.3. The van der Waals surface area contributed by atoms with Gasteiger partial charge in [0.2, 0.25) is 0 Å². The Bertz CT molecular complexity index is 636. The number of aliphatic hydroxyl groups is 1. The quantitative estimate of drug-likeness (QED) is 0.384. The van der Waals surface area contributed by atoms with E-state index in [1.54, 1.807) is 0 Å². The van der Waals surface area contributed by atoms with Crippen molar-refractivity contribution in [3.63, 3.8) is 0 Å². The number of rotatable bonds is 9. The molecule has 0 heterocycles. The lowest BCUT2D eigenvalue weighted by molar-refractivity contribution is -0.440. The molecule has 0 saturated carbocycles. The Morgan fingerprint density at radius 3 is 1.48 bits per heavy atom. The third-order valence-electron chi connectivity index (χ3n) is 3.57. The summed E-state index contributed by atoms with van der Waals surface area (Å²) in [6.07, 6.45) is -10.0. The van der Waals surface area contributed by atoms with Crippen molar-refractivity contribution in [2.24, 2.45) is 5.92 Å². The number of carboxylic acids is 1. The smallest absolute Gasteiger partial charge is 0.460 e. The van der Waals surface area contributed by atoms with Crippen LogP contribution in [0.15, 0.2) is 11.6 Å². The van der Waals surface area contributed by atoms with E-state index in [9.17, 15) is 61.9 Å². The fourth-order valence-electron chi connectivity index (χ4n) is 1.86. The standard InChI is InChI=1S/C13H11F13O3/c1-5(7(28)29)2-6(4-27)3-8(14,15)9(16,17)10(18,19)11(20,21)12(22,23)13(24,25)26/h2,6,27H,3-4H2,1H3,(H,28,29). The Morgan fingerprint density at radius 1 is 0.793 bits per heavy atom. The third kappa shape index (κ3) is 4.55. The van der Waals surface area contributed by atoms with Crippen molar-refractivity contribution in [1.82, 2.24) is 0 Å². The second-order valence-electron chi connectivity index (χ2n) is 5.80. The molecule has 29 heavy (non-hydrogen) atoms. The molecule has 16 heteroatoms. The van der Waals surface area contributed by atoms with Gasteiger partial charge in [0.05, 0.1) is 0 Å². The topological polar surface area (TPSA) is 57.5 Å². The van der Waals surface area contributed by atoms with Gasteiger partial charge in [0.1, 0.15) is 0 Å². The highest BCUT2D eigenvalue weighted by molar-refractivity contribution is 5.85. The van der Waals surface area contributed by atoms with Gasteiger partial charge in [0.25, 0.3) is 0 Å². The van der Waals surface area contributed by atoms with Gasteiger partial charge in [-0.3, -0.25) is 0 Å². The van der Waals surface area contributed by atoms with Crippen LogP contribution in [0.5, 0.6) is 0 Å². The van der Waals surface area contributed by atoms with Crippen LogP contribution < -0.4 is 0 Å². The van der Waals surface area contributed by atoms with Crippen LogP contribution in [0.25, 0.3) is 0 Å². The van der Waals surface area contributed by atoms with Crippen LogP contribution in [0.2, 0.25) is 0 Å². The van der Waals surface area contributed by atoms with Crippen molar-refractivity contribution in [3.8, 4) is 0 Å². The number of carboxylic acid groups (broad SMARTS) is 1. The molecule has 1 unspecified atom stereocenters. The number of aliphatic hydroxyl groups excluding tert-OH is 1. The summed E-state index contributed by atoms with van der Waals surface area (Å²) in [5.74, 6) is -41.8. The lowest BCUT2D eigenvalue weighted by atomic mass is 9.88. The molecule has 2 N–H and O–H groups in total. The molecule has 172 valence electrons. The first kappa shape index (κ1) is 27.3. The normalized spacial score (nSPS) is 16.7. The second-order valence-corrected chi connectivity index (χ2v) is 5.80. The molecule has 0 aliphatic rings. The van der Waals surface area contributed by atoms with Crippen molar-refractivity contribution < 1.29 is 72.1 Å². The molecule has 1 atom stereocenters. The van der Waals surface area contributed by atoms with E-state index in [0.717, 1.165) is 0 Å². The van der Waals surface area contributed by atoms with E-state index in [1.165, 1.54) is 0 Å². The van der Waals surface area contributed by atoms with E-state index in [0.29, 0.717) is 6.92 Å². The van der Waals surface area contributed by atoms with Gasteiger partial charge in [-0.1, -0.05) is 6.08 Å². The minimum absolute atomic E-state index is 0.146. The molecule has 0 saturated heterocycles. The van der Waals surface area contributed by atoms with Gasteiger partial charge in [-0.15, -0.1) is 0 Å². The van der Waals surface area contributed by atoms with Crippen LogP contribution in [0, 0.1) is 5.92 Å². The first-order valence-corrected chi connectivity index (χ1v) is 6.99. The molecule has 0 spiro atoms. The minimum atomic E-state index is -8.01. The molecule has 0 aromatic rings. The second kappa shape index (κ2) is 7.83. The minimum Gasteiger partial charge on any atom is -0.478 e. The molecular formula is C13H11F13O3. The maximum absolute atomic E-state index is 13.6. The summed E-state index contributed by atoms with van der Waals surface area (Å²) in [5.41, 5.74) is -0.885. The zero-order valence-corrected chi connectivity index (χ0v) is 13.8. The highest BCUT2D eigenvalue weighted by Gasteiger charge is 2.90. The predicted molar refractivity (Wildman–Crippen MR) is 67.4 cm³/mol. The zero-order valence-electron chi connectivity index (χ0n) is 13.8. The monoisotopic (exact) mass is 462 g/mol. The van der Waals surface area contributed by atoms with Gasteiger partial charge < -0.3 is 10.2 Å². The van der Waals surface area contributed by atoms with E-state index in [2.05, 4.69) is 0 Å². The van der Waals surface area contributed by atoms with Gasteiger partial charge in [0, 0.05) is 24.5 Å². The third-order valence-corrected chi connectivity index (χ3v) is 3.57. The predicted octanol–water partition coefficient (Wildman–Crippen LogP) is 4.75. The Balaban J connectivity index is 6.23. The summed E-state index contributed by atoms with van der Waals surface area (Å²) in [4.78, 5) is 10.5. The van der Waals surface area contributed by atoms with Gasteiger partial charge in [-0.25, -0.2) is 4.79 Å². The average Bonchev–Trinajstić information content (AvgIpc) is 2.51. The fraction of sp³-hybridized carbons (Fsp3) is 0.769. The first-order chi connectivity index (χ1) is 12.5. The Labute approximate surface area is 152 Å². The highest BCUT2D eigenvalue weighted by Crippen LogP contribution is 2.60. The van der Waals surface area contributed by atoms with E-state index >= 15 is 0 Å². The number of aliphatic carboxylic acids is 1. The van der Waals surface area contributed by atoms with E-state index in [4.69, 9.17) is 10.2 Å². The fourth-order valence-corrected chi connectivity index (χ4v) is 1.86. The molecule has 0 radical (unpaired) electrons. The van der Waals surface area contributed by atoms with Gasteiger partial charge in [-0.05, 0) is 6.92 Å². The van der Waals surface area contributed by atoms with Crippen molar-refractivity contribution in [2.45, 2.75) is 49.1 Å². The molecule has 3 nitrogen and oxygen atoms in total. The number of alkyl halides is 13. The van der Waals surface area contributed by atoms with Gasteiger partial charge in [-0.2, -0.15) is 57.1 Å². The van der Waals surface area contributed by atoms with Crippen LogP contribution >= 0.6 is 0 Å². The molecule has 0 aliphatic heterocycles. The summed E-state index contributed by atoms with van der Waals surface area (Å²) in [6, 6.07) is 0. The Morgan fingerprint density at radius 2 is 1.17 bits per heavy atom. The van der Waals surface area contributed by atoms with E-state index in [-0.39, 0.29) is 6.08 Å². The lowest BCUT2D eigenvalue weighted by Crippen LogP contribution is -2.70. The highest BCUT2D eigenvalue weighted by atomic mass is 19.4. The number of carbonyl (C=O) groups is 1. The summed E-state index contributed by atoms with van der Waals surface area (Å²) >= 11 is 0. The summed E-state index contributed by atoms with van der Waals surface area (Å²) in [6.45, 7) is -0.940. The maximum Gasteiger partial charge on any atom is 0.460 e. The van der Waals surface area contributed by atoms with Crippen LogP contribution in [0.1, 0.15) is 13.3 Å². The zero-order chi connectivity index (χ0) is 23.9. The molecule has 0 rings (SSSR count). The Hall–Kier alpha value is -1.74. The first-order valence-electron chi connectivity index (χ1n) is 6.99. The molecular weight excluding hydrogens is 451 g/mol. The Kier molecular flexibility index (Phi) is 7.36. The maximum atomic E-state index is 13.6. The average molecular weight is 462 g/mol. The van der Waals surface area contributed by atoms with Crippen molar-refractivity contribution in [3.05, 3.63) is 11.6 Å². The largest absolute Gasteiger partial charge is 0.478 e. The van der Waals surface area contributed by atoms with Crippen LogP contribution in [-0.2, 0) is 4.79 Å². The van der Waals surface area contributed by atoms with Crippen molar-refractivity contribution in [2.75, 3.05) is 6.61 Å². The molecule has 0 amide bonds. The van der Waals surface area contributed by atoms with E-state index < -0.39 is 66.3 Å². The van der Waals surface area contributed by atoms with E-state index in [1.807, 2.05) is 0 Å². The molecule has 0 fully saturated rings. The summed E-state index contributed by atoms with van der Waals surface area (Å²) < 4.78 is 168. The van der Waals surface area contributed by atoms with Gasteiger partial charge in [0.15, 0.2) is 0 Å². The van der Waals surface area contributed by atoms with Crippen molar-refractivity contribution in [1.29, 1.82) is 0 Å². The summed E-state index contributed by atoms with van der Waals surface area (Å²) in [7, 11) is 0. The van der Waals surface area contributed by atoms with Crippen LogP contribution in [0.3, 0.4) is 0 Å². The molecule has 0 aliphatic carbocycles. The molecule has 0 aromatic heterocycles.